The molecule has 1 rings (SSSR count). The molecule has 72 valence electrons. The van der Waals surface area contributed by atoms with Crippen LogP contribution in [0, 0.1) is 11.2 Å². The van der Waals surface area contributed by atoms with Gasteiger partial charge in [-0.25, -0.2) is 4.39 Å². The van der Waals surface area contributed by atoms with Gasteiger partial charge in [0.1, 0.15) is 5.82 Å². The molecule has 0 atom stereocenters. The predicted octanol–water partition coefficient (Wildman–Crippen LogP) is 3.96. The van der Waals surface area contributed by atoms with E-state index in [-0.39, 0.29) is 11.2 Å². The summed E-state index contributed by atoms with van der Waals surface area (Å²) in [7, 11) is 0. The highest BCUT2D eigenvalue weighted by atomic mass is 32.2. The molecule has 0 nitrogen and oxygen atoms in total. The Morgan fingerprint density at radius 1 is 1.31 bits per heavy atom. The van der Waals surface area contributed by atoms with Gasteiger partial charge in [0.2, 0.25) is 0 Å². The van der Waals surface area contributed by atoms with Crippen LogP contribution in [-0.2, 0) is 0 Å². The molecule has 0 aliphatic carbocycles. The zero-order valence-electron chi connectivity index (χ0n) is 8.30. The second-order valence-corrected chi connectivity index (χ2v) is 5.36. The number of rotatable bonds is 2. The zero-order valence-corrected chi connectivity index (χ0v) is 9.12. The fraction of sp³-hybridized carbons (Fsp3) is 0.455. The second kappa shape index (κ2) is 4.14. The first kappa shape index (κ1) is 10.6. The fourth-order valence-corrected chi connectivity index (χ4v) is 1.83. The van der Waals surface area contributed by atoms with E-state index in [0.717, 1.165) is 10.6 Å². The van der Waals surface area contributed by atoms with Crippen molar-refractivity contribution in [1.29, 1.82) is 0 Å². The molecule has 0 amide bonds. The first-order chi connectivity index (χ1) is 5.97. The number of hydrogen-bond acceptors (Lipinski definition) is 1. The topological polar surface area (TPSA) is 0 Å². The third-order valence-electron chi connectivity index (χ3n) is 1.47. The van der Waals surface area contributed by atoms with Gasteiger partial charge < -0.3 is 0 Å². The molecule has 0 heterocycles. The number of halogens is 1. The zero-order chi connectivity index (χ0) is 9.90. The minimum absolute atomic E-state index is 0.154. The Balaban J connectivity index is 2.55. The summed E-state index contributed by atoms with van der Waals surface area (Å²) in [5.41, 5.74) is 0.289. The van der Waals surface area contributed by atoms with Crippen molar-refractivity contribution in [3.8, 4) is 0 Å². The molecular formula is C11H15FS. The molecule has 0 radical (unpaired) electrons. The van der Waals surface area contributed by atoms with Crippen LogP contribution in [-0.4, -0.2) is 5.75 Å². The van der Waals surface area contributed by atoms with Crippen molar-refractivity contribution < 1.29 is 4.39 Å². The van der Waals surface area contributed by atoms with Gasteiger partial charge in [-0.3, -0.25) is 0 Å². The van der Waals surface area contributed by atoms with Crippen LogP contribution in [0.5, 0.6) is 0 Å². The summed E-state index contributed by atoms with van der Waals surface area (Å²) in [5, 5.41) is 0. The van der Waals surface area contributed by atoms with Crippen molar-refractivity contribution in [2.24, 2.45) is 5.41 Å². The fourth-order valence-electron chi connectivity index (χ4n) is 0.857. The Labute approximate surface area is 83.5 Å². The molecule has 13 heavy (non-hydrogen) atoms. The van der Waals surface area contributed by atoms with Crippen LogP contribution in [0.4, 0.5) is 4.39 Å². The molecule has 2 heteroatoms. The first-order valence-corrected chi connectivity index (χ1v) is 5.34. The lowest BCUT2D eigenvalue weighted by Crippen LogP contribution is -2.07. The quantitative estimate of drug-likeness (QED) is 0.648. The summed E-state index contributed by atoms with van der Waals surface area (Å²) in [4.78, 5) is 1.01. The van der Waals surface area contributed by atoms with Crippen molar-refractivity contribution in [3.63, 3.8) is 0 Å². The standard InChI is InChI=1S/C11H15FS/c1-11(2,3)8-13-10-6-4-5-9(12)7-10/h4-7H,8H2,1-3H3. The SMILES string of the molecule is CC(C)(C)CSc1cccc(F)c1. The van der Waals surface area contributed by atoms with Crippen LogP contribution in [0.15, 0.2) is 29.2 Å². The van der Waals surface area contributed by atoms with Crippen LogP contribution in [0.1, 0.15) is 20.8 Å². The molecule has 0 aromatic heterocycles. The number of hydrogen-bond donors (Lipinski definition) is 0. The lowest BCUT2D eigenvalue weighted by atomic mass is 10.0. The van der Waals surface area contributed by atoms with Crippen LogP contribution >= 0.6 is 11.8 Å². The third kappa shape index (κ3) is 4.32. The van der Waals surface area contributed by atoms with Crippen molar-refractivity contribution in [3.05, 3.63) is 30.1 Å². The van der Waals surface area contributed by atoms with Crippen molar-refractivity contribution in [2.45, 2.75) is 25.7 Å². The maximum Gasteiger partial charge on any atom is 0.124 e. The lowest BCUT2D eigenvalue weighted by Gasteiger charge is -2.16. The Bertz CT molecular complexity index is 276. The van der Waals surface area contributed by atoms with Crippen LogP contribution in [0.3, 0.4) is 0 Å². The number of thioether (sulfide) groups is 1. The highest BCUT2D eigenvalue weighted by Gasteiger charge is 2.10. The van der Waals surface area contributed by atoms with E-state index in [0.29, 0.717) is 0 Å². The van der Waals surface area contributed by atoms with Gasteiger partial charge in [-0.2, -0.15) is 0 Å². The first-order valence-electron chi connectivity index (χ1n) is 4.36. The molecule has 0 N–H and O–H groups in total. The van der Waals surface area contributed by atoms with Gasteiger partial charge in [0.05, 0.1) is 0 Å². The van der Waals surface area contributed by atoms with E-state index in [1.807, 2.05) is 6.07 Å². The second-order valence-electron chi connectivity index (χ2n) is 4.31. The van der Waals surface area contributed by atoms with Gasteiger partial charge >= 0.3 is 0 Å². The summed E-state index contributed by atoms with van der Waals surface area (Å²) in [6.45, 7) is 6.54. The Kier molecular flexibility index (Phi) is 3.37. The normalized spacial score (nSPS) is 11.7. The van der Waals surface area contributed by atoms with E-state index >= 15 is 0 Å². The average Bonchev–Trinajstić information content (AvgIpc) is 2.00. The van der Waals surface area contributed by atoms with Gasteiger partial charge in [0, 0.05) is 10.6 Å². The summed E-state index contributed by atoms with van der Waals surface area (Å²) >= 11 is 1.70. The van der Waals surface area contributed by atoms with Gasteiger partial charge in [-0.15, -0.1) is 11.8 Å². The molecule has 0 bridgehead atoms. The molecule has 1 aromatic rings. The minimum Gasteiger partial charge on any atom is -0.207 e. The maximum absolute atomic E-state index is 12.8. The average molecular weight is 198 g/mol. The molecule has 0 fully saturated rings. The lowest BCUT2D eigenvalue weighted by molar-refractivity contribution is 0.480. The van der Waals surface area contributed by atoms with Crippen LogP contribution in [0.2, 0.25) is 0 Å². The Morgan fingerprint density at radius 3 is 2.54 bits per heavy atom. The van der Waals surface area contributed by atoms with Gasteiger partial charge in [0.15, 0.2) is 0 Å². The highest BCUT2D eigenvalue weighted by Crippen LogP contribution is 2.27. The van der Waals surface area contributed by atoms with Gasteiger partial charge in [0.25, 0.3) is 0 Å². The summed E-state index contributed by atoms with van der Waals surface area (Å²) in [6, 6.07) is 6.75. The van der Waals surface area contributed by atoms with Crippen LogP contribution in [0.25, 0.3) is 0 Å². The summed E-state index contributed by atoms with van der Waals surface area (Å²) in [5.74, 6) is 0.857. The van der Waals surface area contributed by atoms with Crippen LogP contribution < -0.4 is 0 Å². The smallest absolute Gasteiger partial charge is 0.124 e. The molecule has 0 unspecified atom stereocenters. The Morgan fingerprint density at radius 2 is 2.00 bits per heavy atom. The number of benzene rings is 1. The van der Waals surface area contributed by atoms with E-state index in [2.05, 4.69) is 20.8 Å². The molecule has 0 saturated heterocycles. The summed E-state index contributed by atoms with van der Waals surface area (Å²) < 4.78 is 12.8. The molecule has 0 saturated carbocycles. The molecule has 0 aliphatic rings. The van der Waals surface area contributed by atoms with Crippen molar-refractivity contribution in [2.75, 3.05) is 5.75 Å². The molecule has 0 spiro atoms. The van der Waals surface area contributed by atoms with E-state index in [1.165, 1.54) is 6.07 Å². The molecular weight excluding hydrogens is 183 g/mol. The molecule has 0 aliphatic heterocycles. The van der Waals surface area contributed by atoms with Crippen molar-refractivity contribution >= 4 is 11.8 Å². The minimum atomic E-state index is -0.154. The van der Waals surface area contributed by atoms with E-state index < -0.39 is 0 Å². The van der Waals surface area contributed by atoms with E-state index in [9.17, 15) is 4.39 Å². The third-order valence-corrected chi connectivity index (χ3v) is 3.07. The predicted molar refractivity (Wildman–Crippen MR) is 56.6 cm³/mol. The van der Waals surface area contributed by atoms with Gasteiger partial charge in [-0.05, 0) is 23.6 Å². The maximum atomic E-state index is 12.8. The van der Waals surface area contributed by atoms with Gasteiger partial charge in [-0.1, -0.05) is 26.8 Å². The summed E-state index contributed by atoms with van der Waals surface area (Å²) in [6.07, 6.45) is 0. The van der Waals surface area contributed by atoms with Crippen molar-refractivity contribution in [1.82, 2.24) is 0 Å². The molecule has 1 aromatic carbocycles. The van der Waals surface area contributed by atoms with E-state index in [4.69, 9.17) is 0 Å². The highest BCUT2D eigenvalue weighted by molar-refractivity contribution is 7.99. The van der Waals surface area contributed by atoms with E-state index in [1.54, 1.807) is 23.9 Å². The monoisotopic (exact) mass is 198 g/mol. The largest absolute Gasteiger partial charge is 0.207 e. The Hall–Kier alpha value is -0.500.